The van der Waals surface area contributed by atoms with Crippen LogP contribution in [0, 0.1) is 0 Å². The Labute approximate surface area is 91.8 Å². The second kappa shape index (κ2) is 5.54. The Bertz CT molecular complexity index is 377. The second-order valence-corrected chi connectivity index (χ2v) is 2.90. The zero-order valence-corrected chi connectivity index (χ0v) is 8.47. The molecule has 7 heteroatoms. The largest absolute Gasteiger partial charge is 0.448 e. The Morgan fingerprint density at radius 3 is 2.75 bits per heavy atom. The lowest BCUT2D eigenvalue weighted by Crippen LogP contribution is -2.29. The maximum atomic E-state index is 11.4. The number of pyridine rings is 1. The molecule has 0 atom stereocenters. The predicted molar refractivity (Wildman–Crippen MR) is 56.5 cm³/mol. The molecule has 7 nitrogen and oxygen atoms in total. The topological polar surface area (TPSA) is 120 Å². The van der Waals surface area contributed by atoms with Gasteiger partial charge in [-0.2, -0.15) is 0 Å². The average Bonchev–Trinajstić information content (AvgIpc) is 2.25. The fourth-order valence-corrected chi connectivity index (χ4v) is 0.946. The average molecular weight is 224 g/mol. The van der Waals surface area contributed by atoms with Crippen molar-refractivity contribution < 1.29 is 14.3 Å². The van der Waals surface area contributed by atoms with E-state index in [0.717, 1.165) is 0 Å². The number of aromatic nitrogens is 1. The van der Waals surface area contributed by atoms with E-state index in [1.165, 1.54) is 12.3 Å². The minimum atomic E-state index is -0.875. The summed E-state index contributed by atoms with van der Waals surface area (Å²) in [5.41, 5.74) is 10.9. The number of carbonyl (C=O) groups excluding carboxylic acids is 2. The quantitative estimate of drug-likeness (QED) is 0.595. The number of nitrogens with one attached hydrogen (secondary N) is 1. The molecular weight excluding hydrogens is 212 g/mol. The van der Waals surface area contributed by atoms with E-state index in [1.54, 1.807) is 6.07 Å². The highest BCUT2D eigenvalue weighted by atomic mass is 16.5. The summed E-state index contributed by atoms with van der Waals surface area (Å²) in [5, 5.41) is 2.50. The first-order valence-corrected chi connectivity index (χ1v) is 4.51. The van der Waals surface area contributed by atoms with Crippen LogP contribution in [0.3, 0.4) is 0 Å². The highest BCUT2D eigenvalue weighted by Gasteiger charge is 2.05. The van der Waals surface area contributed by atoms with Gasteiger partial charge in [0.25, 0.3) is 5.91 Å². The van der Waals surface area contributed by atoms with Gasteiger partial charge in [-0.3, -0.25) is 4.79 Å². The first-order chi connectivity index (χ1) is 7.59. The molecular formula is C9H12N4O3. The number of nitrogen functional groups attached to an aromatic ring is 1. The molecule has 86 valence electrons. The molecule has 0 aliphatic carbocycles. The molecule has 0 saturated heterocycles. The van der Waals surface area contributed by atoms with E-state index >= 15 is 0 Å². The number of ether oxygens (including phenoxy) is 1. The third kappa shape index (κ3) is 3.82. The molecule has 1 aromatic heterocycles. The van der Waals surface area contributed by atoms with Gasteiger partial charge in [-0.25, -0.2) is 9.78 Å². The number of hydrogen-bond acceptors (Lipinski definition) is 5. The third-order valence-electron chi connectivity index (χ3n) is 1.65. The van der Waals surface area contributed by atoms with Crippen molar-refractivity contribution in [1.29, 1.82) is 0 Å². The highest BCUT2D eigenvalue weighted by Crippen LogP contribution is 2.00. The standard InChI is InChI=1S/C9H12N4O3/c10-6-1-2-7(13-5-6)8(14)12-3-4-16-9(11)15/h1-2,5H,3-4,10H2,(H2,11,15)(H,12,14). The Morgan fingerprint density at radius 2 is 2.19 bits per heavy atom. The van der Waals surface area contributed by atoms with Gasteiger partial charge < -0.3 is 21.5 Å². The number of primary amides is 1. The monoisotopic (exact) mass is 224 g/mol. The van der Waals surface area contributed by atoms with Crippen LogP contribution in [-0.4, -0.2) is 30.1 Å². The van der Waals surface area contributed by atoms with Gasteiger partial charge in [0.05, 0.1) is 18.4 Å². The number of anilines is 1. The molecule has 0 aliphatic heterocycles. The Hall–Kier alpha value is -2.31. The lowest BCUT2D eigenvalue weighted by molar-refractivity contribution is 0.0932. The Balaban J connectivity index is 2.35. The summed E-state index contributed by atoms with van der Waals surface area (Å²) in [6.45, 7) is 0.198. The van der Waals surface area contributed by atoms with Gasteiger partial charge in [0.2, 0.25) is 0 Å². The fraction of sp³-hybridized carbons (Fsp3) is 0.222. The summed E-state index contributed by atoms with van der Waals surface area (Å²) in [5.74, 6) is -0.368. The van der Waals surface area contributed by atoms with Crippen molar-refractivity contribution in [3.63, 3.8) is 0 Å². The summed E-state index contributed by atoms with van der Waals surface area (Å²) in [6, 6.07) is 3.07. The van der Waals surface area contributed by atoms with Crippen LogP contribution in [0.5, 0.6) is 0 Å². The summed E-state index contributed by atoms with van der Waals surface area (Å²) >= 11 is 0. The molecule has 0 radical (unpaired) electrons. The minimum Gasteiger partial charge on any atom is -0.448 e. The molecule has 0 unspecified atom stereocenters. The zero-order chi connectivity index (χ0) is 12.0. The SMILES string of the molecule is NC(=O)OCCNC(=O)c1ccc(N)cn1. The normalized spacial score (nSPS) is 9.50. The molecule has 5 N–H and O–H groups in total. The number of nitrogens with two attached hydrogens (primary N) is 2. The Morgan fingerprint density at radius 1 is 1.44 bits per heavy atom. The van der Waals surface area contributed by atoms with E-state index in [-0.39, 0.29) is 24.8 Å². The van der Waals surface area contributed by atoms with Crippen LogP contribution in [0.1, 0.15) is 10.5 Å². The van der Waals surface area contributed by atoms with Crippen molar-refractivity contribution in [2.45, 2.75) is 0 Å². The van der Waals surface area contributed by atoms with E-state index < -0.39 is 6.09 Å². The predicted octanol–water partition coefficient (Wildman–Crippen LogP) is -0.511. The molecule has 0 aliphatic rings. The first-order valence-electron chi connectivity index (χ1n) is 4.51. The molecule has 0 spiro atoms. The van der Waals surface area contributed by atoms with E-state index in [9.17, 15) is 9.59 Å². The van der Waals surface area contributed by atoms with Crippen molar-refractivity contribution in [2.75, 3.05) is 18.9 Å². The number of carbonyl (C=O) groups is 2. The van der Waals surface area contributed by atoms with Gasteiger partial charge in [-0.05, 0) is 12.1 Å². The smallest absolute Gasteiger partial charge is 0.404 e. The number of hydrogen-bond donors (Lipinski definition) is 3. The van der Waals surface area contributed by atoms with Crippen LogP contribution in [0.2, 0.25) is 0 Å². The molecule has 1 rings (SSSR count). The summed E-state index contributed by atoms with van der Waals surface area (Å²) in [4.78, 5) is 25.4. The summed E-state index contributed by atoms with van der Waals surface area (Å²) in [6.07, 6.45) is 0.509. The van der Waals surface area contributed by atoms with Crippen LogP contribution in [-0.2, 0) is 4.74 Å². The van der Waals surface area contributed by atoms with Crippen molar-refractivity contribution in [1.82, 2.24) is 10.3 Å². The van der Waals surface area contributed by atoms with Crippen molar-refractivity contribution in [3.8, 4) is 0 Å². The van der Waals surface area contributed by atoms with Crippen LogP contribution >= 0.6 is 0 Å². The van der Waals surface area contributed by atoms with E-state index in [1.807, 2.05) is 0 Å². The lowest BCUT2D eigenvalue weighted by Gasteiger charge is -2.04. The molecule has 2 amide bonds. The zero-order valence-electron chi connectivity index (χ0n) is 8.47. The van der Waals surface area contributed by atoms with Gasteiger partial charge >= 0.3 is 6.09 Å². The molecule has 0 fully saturated rings. The highest BCUT2D eigenvalue weighted by molar-refractivity contribution is 5.92. The van der Waals surface area contributed by atoms with Crippen molar-refractivity contribution in [2.24, 2.45) is 5.73 Å². The fourth-order valence-electron chi connectivity index (χ4n) is 0.946. The molecule has 0 bridgehead atoms. The van der Waals surface area contributed by atoms with Gasteiger partial charge in [0, 0.05) is 0 Å². The number of amides is 2. The maximum Gasteiger partial charge on any atom is 0.404 e. The Kier molecular flexibility index (Phi) is 4.07. The molecule has 16 heavy (non-hydrogen) atoms. The van der Waals surface area contributed by atoms with E-state index in [4.69, 9.17) is 11.5 Å². The molecule has 1 aromatic rings. The van der Waals surface area contributed by atoms with Crippen molar-refractivity contribution in [3.05, 3.63) is 24.0 Å². The van der Waals surface area contributed by atoms with Crippen molar-refractivity contribution >= 4 is 17.7 Å². The van der Waals surface area contributed by atoms with Crippen LogP contribution in [0.4, 0.5) is 10.5 Å². The van der Waals surface area contributed by atoms with Gasteiger partial charge in [0.1, 0.15) is 12.3 Å². The molecule has 0 aromatic carbocycles. The molecule has 1 heterocycles. The minimum absolute atomic E-state index is 0.0239. The van der Waals surface area contributed by atoms with Crippen LogP contribution in [0.15, 0.2) is 18.3 Å². The van der Waals surface area contributed by atoms with Gasteiger partial charge in [-0.15, -0.1) is 0 Å². The first kappa shape index (κ1) is 11.8. The van der Waals surface area contributed by atoms with E-state index in [0.29, 0.717) is 5.69 Å². The maximum absolute atomic E-state index is 11.4. The van der Waals surface area contributed by atoms with E-state index in [2.05, 4.69) is 15.0 Å². The third-order valence-corrected chi connectivity index (χ3v) is 1.65. The number of rotatable bonds is 4. The van der Waals surface area contributed by atoms with Crippen LogP contribution < -0.4 is 16.8 Å². The molecule has 0 saturated carbocycles. The van der Waals surface area contributed by atoms with Gasteiger partial charge in [0.15, 0.2) is 0 Å². The number of nitrogens with zero attached hydrogens (tertiary/aromatic N) is 1. The summed E-state index contributed by atoms with van der Waals surface area (Å²) in [7, 11) is 0. The van der Waals surface area contributed by atoms with Gasteiger partial charge in [-0.1, -0.05) is 0 Å². The second-order valence-electron chi connectivity index (χ2n) is 2.90. The van der Waals surface area contributed by atoms with Crippen LogP contribution in [0.25, 0.3) is 0 Å². The lowest BCUT2D eigenvalue weighted by atomic mass is 10.3. The summed E-state index contributed by atoms with van der Waals surface area (Å²) < 4.78 is 4.43.